The van der Waals surface area contributed by atoms with Gasteiger partial charge in [-0.25, -0.2) is 0 Å². The predicted molar refractivity (Wildman–Crippen MR) is 207 cm³/mol. The number of unbranched alkanes of at least 4 members (excludes halogenated alkanes) is 3. The Morgan fingerprint density at radius 2 is 0.932 bits per heavy atom. The van der Waals surface area contributed by atoms with Crippen LogP contribution in [0.25, 0.3) is 12.2 Å². The van der Waals surface area contributed by atoms with Crippen molar-refractivity contribution in [1.82, 2.24) is 0 Å². The summed E-state index contributed by atoms with van der Waals surface area (Å²) in [6.45, 7) is 31.0. The Labute approximate surface area is 292 Å². The summed E-state index contributed by atoms with van der Waals surface area (Å²) >= 11 is -2.72. The molecular weight excluding hydrogens is 671 g/mol. The van der Waals surface area contributed by atoms with Gasteiger partial charge in [-0.2, -0.15) is 0 Å². The number of hydrogen-bond acceptors (Lipinski definition) is 0. The van der Waals surface area contributed by atoms with Gasteiger partial charge in [-0.3, -0.25) is 0 Å². The van der Waals surface area contributed by atoms with Gasteiger partial charge in [0.2, 0.25) is 0 Å². The van der Waals surface area contributed by atoms with Crippen molar-refractivity contribution in [2.24, 2.45) is 0 Å². The monoisotopic (exact) mass is 734 g/mol. The van der Waals surface area contributed by atoms with Crippen LogP contribution in [-0.4, -0.2) is 7.37 Å². The zero-order chi connectivity index (χ0) is 31.5. The number of benzene rings is 2. The van der Waals surface area contributed by atoms with E-state index in [1.807, 2.05) is 0 Å². The zero-order valence-electron chi connectivity index (χ0n) is 30.8. The number of rotatable bonds is 10. The molecule has 2 unspecified atom stereocenters. The van der Waals surface area contributed by atoms with E-state index >= 15 is 0 Å². The van der Waals surface area contributed by atoms with E-state index in [9.17, 15) is 0 Å². The van der Waals surface area contributed by atoms with E-state index in [1.54, 1.807) is 55.7 Å². The normalized spacial score (nSPS) is 18.3. The largest absolute Gasteiger partial charge is 0.147 e. The maximum Gasteiger partial charge on any atom is -0.147 e. The summed E-state index contributed by atoms with van der Waals surface area (Å²) in [5, 5.41) is 0. The molecule has 44 heavy (non-hydrogen) atoms. The van der Waals surface area contributed by atoms with Gasteiger partial charge in [0.15, 0.2) is 0 Å². The quantitative estimate of drug-likeness (QED) is 0.168. The van der Waals surface area contributed by atoms with E-state index < -0.39 is 19.4 Å². The van der Waals surface area contributed by atoms with Gasteiger partial charge in [-0.05, 0) is 0 Å². The third-order valence-electron chi connectivity index (χ3n) is 10.4. The first-order valence-electron chi connectivity index (χ1n) is 17.4. The third kappa shape index (κ3) is 8.54. The second kappa shape index (κ2) is 17.7. The molecule has 0 bridgehead atoms. The summed E-state index contributed by atoms with van der Waals surface area (Å²) in [7, 11) is 1.37. The SMILES string of the molecule is CCCCCC.C[CH2][Zr]([SiH3])([CH]1C(C)=Cc2c(C(C)C)cc(C(C)C)cc21)[CH]1C(C)=Cc2c(C(C)C)cc(C(C)C)cc21.Cl.Cl. The van der Waals surface area contributed by atoms with Crippen LogP contribution in [0, 0.1) is 0 Å². The summed E-state index contributed by atoms with van der Waals surface area (Å²) in [6.07, 6.45) is 10.8. The summed E-state index contributed by atoms with van der Waals surface area (Å²) in [5.74, 6) is 2.28. The van der Waals surface area contributed by atoms with Gasteiger partial charge in [-0.1, -0.05) is 39.5 Å². The molecule has 0 radical (unpaired) electrons. The summed E-state index contributed by atoms with van der Waals surface area (Å²) in [6, 6.07) is 10.3. The molecule has 0 nitrogen and oxygen atoms in total. The van der Waals surface area contributed by atoms with Crippen LogP contribution in [0.5, 0.6) is 0 Å². The molecule has 2 aromatic rings. The molecule has 0 amide bonds. The summed E-state index contributed by atoms with van der Waals surface area (Å²) in [4.78, 5) is 0. The van der Waals surface area contributed by atoms with Crippen molar-refractivity contribution in [2.45, 2.75) is 151 Å². The molecule has 2 aliphatic rings. The molecule has 2 aromatic carbocycles. The van der Waals surface area contributed by atoms with Gasteiger partial charge in [-0.15, -0.1) is 24.8 Å². The van der Waals surface area contributed by atoms with Gasteiger partial charge in [0.05, 0.1) is 0 Å². The van der Waals surface area contributed by atoms with Crippen molar-refractivity contribution >= 4 is 44.3 Å². The molecule has 2 aliphatic carbocycles. The van der Waals surface area contributed by atoms with E-state index in [0.29, 0.717) is 30.9 Å². The van der Waals surface area contributed by atoms with Crippen LogP contribution in [0.3, 0.4) is 0 Å². The Kier molecular flexibility index (Phi) is 16.7. The van der Waals surface area contributed by atoms with Gasteiger partial charge < -0.3 is 0 Å². The number of allylic oxidation sites excluding steroid dienone is 2. The average molecular weight is 737 g/mol. The van der Waals surface area contributed by atoms with Crippen molar-refractivity contribution < 1.29 is 19.4 Å². The molecule has 0 saturated carbocycles. The first-order chi connectivity index (χ1) is 19.7. The maximum atomic E-state index is 2.64. The first-order valence-corrected chi connectivity index (χ1v) is 30.4. The van der Waals surface area contributed by atoms with Gasteiger partial charge >= 0.3 is 230 Å². The van der Waals surface area contributed by atoms with Gasteiger partial charge in [0.25, 0.3) is 0 Å². The minimum atomic E-state index is -2.72. The average Bonchev–Trinajstić information content (AvgIpc) is 3.45. The fourth-order valence-electron chi connectivity index (χ4n) is 7.82. The van der Waals surface area contributed by atoms with Crippen molar-refractivity contribution in [3.05, 3.63) is 79.9 Å². The Morgan fingerprint density at radius 1 is 0.591 bits per heavy atom. The van der Waals surface area contributed by atoms with E-state index in [2.05, 4.69) is 126 Å². The van der Waals surface area contributed by atoms with Gasteiger partial charge in [0, 0.05) is 0 Å². The molecule has 4 heteroatoms. The van der Waals surface area contributed by atoms with Crippen LogP contribution in [0.4, 0.5) is 0 Å². The van der Waals surface area contributed by atoms with Crippen LogP contribution in [-0.2, 0) is 19.4 Å². The van der Waals surface area contributed by atoms with Crippen LogP contribution in [0.15, 0.2) is 35.4 Å². The van der Waals surface area contributed by atoms with E-state index in [1.165, 1.54) is 37.2 Å². The van der Waals surface area contributed by atoms with Crippen LogP contribution in [0.2, 0.25) is 4.13 Å². The van der Waals surface area contributed by atoms with E-state index in [0.717, 1.165) is 0 Å². The fourth-order valence-corrected chi connectivity index (χ4v) is 29.9. The molecule has 0 saturated heterocycles. The molecule has 0 N–H and O–H groups in total. The molecule has 0 spiro atoms. The standard InChI is InChI=1S/2C16H21.C6H14.C2H5.2ClH.H3Si.Zr/c2*1-10(2)13-8-14-6-12(5)7-16(14)15(9-13)11(3)4;1-3-5-6-4-2;1-2;;;;/h2*6-11H,1-5H3;3-6H2,1-2H3;1H2,2H3;2*1H;1H3;. The van der Waals surface area contributed by atoms with Crippen LogP contribution < -0.4 is 0 Å². The molecule has 0 aromatic heterocycles. The second-order valence-electron chi connectivity index (χ2n) is 15.1. The van der Waals surface area contributed by atoms with Crippen molar-refractivity contribution in [2.75, 3.05) is 0 Å². The molecule has 0 fully saturated rings. The molecular formula is C40H66Cl2SiZr. The minimum Gasteiger partial charge on any atom is -0.147 e. The van der Waals surface area contributed by atoms with Gasteiger partial charge in [0.1, 0.15) is 0 Å². The molecule has 4 rings (SSSR count). The van der Waals surface area contributed by atoms with Crippen molar-refractivity contribution in [3.8, 4) is 0 Å². The van der Waals surface area contributed by atoms with Crippen LogP contribution >= 0.6 is 24.8 Å². The van der Waals surface area contributed by atoms with E-state index in [-0.39, 0.29) is 24.8 Å². The number of fused-ring (bicyclic) bond motifs is 2. The van der Waals surface area contributed by atoms with Crippen molar-refractivity contribution in [3.63, 3.8) is 0 Å². The molecule has 2 atom stereocenters. The van der Waals surface area contributed by atoms with E-state index in [4.69, 9.17) is 0 Å². The Bertz CT molecular complexity index is 1210. The third-order valence-corrected chi connectivity index (χ3v) is 35.4. The van der Waals surface area contributed by atoms with Crippen molar-refractivity contribution in [1.29, 1.82) is 0 Å². The smallest absolute Gasteiger partial charge is 0.147 e. The molecule has 0 heterocycles. The summed E-state index contributed by atoms with van der Waals surface area (Å²) < 4.78 is 2.86. The first kappa shape index (κ1) is 41.6. The Hall–Kier alpha value is -0.400. The number of halogens is 2. The maximum absolute atomic E-state index is 2.72. The Morgan fingerprint density at radius 3 is 1.18 bits per heavy atom. The molecule has 0 aliphatic heterocycles. The van der Waals surface area contributed by atoms with Crippen LogP contribution in [0.1, 0.15) is 191 Å². The summed E-state index contributed by atoms with van der Waals surface area (Å²) in [5.41, 5.74) is 16.2. The minimum absolute atomic E-state index is 0. The second-order valence-corrected chi connectivity index (χ2v) is 38.0. The number of hydrogen-bond donors (Lipinski definition) is 0. The fraction of sp³-hybridized carbons (Fsp3) is 0.600. The zero-order valence-corrected chi connectivity index (χ0v) is 36.9. The predicted octanol–water partition coefficient (Wildman–Crippen LogP) is 13.1. The Balaban J connectivity index is 0.00000110. The topological polar surface area (TPSA) is 0 Å². The molecule has 248 valence electrons.